The van der Waals surface area contributed by atoms with Crippen molar-refractivity contribution in [2.24, 2.45) is 5.73 Å². The first-order valence-corrected chi connectivity index (χ1v) is 8.24. The van der Waals surface area contributed by atoms with Gasteiger partial charge < -0.3 is 25.0 Å². The Bertz CT molecular complexity index is 601. The molecule has 2 N–H and O–H groups in total. The molecule has 2 aliphatic rings. The molecular formula is C17H23N3O4. The Balaban J connectivity index is 1.62. The number of nitrogens with two attached hydrogens (primary N) is 1. The maximum absolute atomic E-state index is 12.5. The average Bonchev–Trinajstić information content (AvgIpc) is 2.63. The maximum atomic E-state index is 12.5. The number of carbonyl (C=O) groups is 2. The lowest BCUT2D eigenvalue weighted by Crippen LogP contribution is -2.50. The van der Waals surface area contributed by atoms with Crippen molar-refractivity contribution in [3.8, 4) is 0 Å². The second-order valence-electron chi connectivity index (χ2n) is 6.05. The first kappa shape index (κ1) is 16.7. The Morgan fingerprint density at radius 1 is 1.17 bits per heavy atom. The normalized spacial score (nSPS) is 21.6. The van der Waals surface area contributed by atoms with Crippen LogP contribution in [0.5, 0.6) is 0 Å². The molecule has 1 unspecified atom stereocenters. The van der Waals surface area contributed by atoms with Crippen LogP contribution in [-0.2, 0) is 25.5 Å². The average molecular weight is 333 g/mol. The van der Waals surface area contributed by atoms with Gasteiger partial charge in [-0.05, 0) is 17.7 Å². The molecule has 2 saturated heterocycles. The lowest BCUT2D eigenvalue weighted by atomic mass is 10.1. The van der Waals surface area contributed by atoms with Crippen LogP contribution in [0, 0.1) is 0 Å². The van der Waals surface area contributed by atoms with E-state index >= 15 is 0 Å². The molecule has 2 amide bonds. The van der Waals surface area contributed by atoms with Crippen molar-refractivity contribution in [3.63, 3.8) is 0 Å². The van der Waals surface area contributed by atoms with E-state index in [1.807, 2.05) is 12.1 Å². The number of hydrogen-bond acceptors (Lipinski definition) is 5. The summed E-state index contributed by atoms with van der Waals surface area (Å²) in [6, 6.07) is 8.03. The van der Waals surface area contributed by atoms with Gasteiger partial charge in [0, 0.05) is 25.3 Å². The molecule has 24 heavy (non-hydrogen) atoms. The molecule has 7 nitrogen and oxygen atoms in total. The number of primary amides is 1. The molecule has 1 aromatic carbocycles. The summed E-state index contributed by atoms with van der Waals surface area (Å²) in [4.78, 5) is 27.7. The summed E-state index contributed by atoms with van der Waals surface area (Å²) < 4.78 is 10.7. The maximum Gasteiger partial charge on any atom is 0.248 e. The molecule has 1 atom stereocenters. The fourth-order valence-electron chi connectivity index (χ4n) is 3.02. The van der Waals surface area contributed by atoms with Gasteiger partial charge in [0.05, 0.1) is 32.8 Å². The van der Waals surface area contributed by atoms with Crippen LogP contribution in [0.3, 0.4) is 0 Å². The minimum atomic E-state index is -0.706. The number of ether oxygens (including phenoxy) is 2. The van der Waals surface area contributed by atoms with Crippen molar-refractivity contribution in [2.45, 2.75) is 12.5 Å². The monoisotopic (exact) mass is 333 g/mol. The molecule has 3 rings (SSSR count). The molecule has 2 aliphatic heterocycles. The van der Waals surface area contributed by atoms with E-state index in [1.54, 1.807) is 4.90 Å². The van der Waals surface area contributed by atoms with E-state index in [9.17, 15) is 9.59 Å². The van der Waals surface area contributed by atoms with Crippen molar-refractivity contribution in [2.75, 3.05) is 50.9 Å². The van der Waals surface area contributed by atoms with E-state index in [4.69, 9.17) is 15.2 Å². The molecule has 130 valence electrons. The third-order valence-electron chi connectivity index (χ3n) is 4.38. The van der Waals surface area contributed by atoms with Gasteiger partial charge in [-0.3, -0.25) is 9.59 Å². The second kappa shape index (κ2) is 7.63. The highest BCUT2D eigenvalue weighted by Crippen LogP contribution is 2.18. The van der Waals surface area contributed by atoms with Crippen molar-refractivity contribution in [1.82, 2.24) is 4.90 Å². The highest BCUT2D eigenvalue weighted by atomic mass is 16.5. The number of benzene rings is 1. The molecular weight excluding hydrogens is 310 g/mol. The molecule has 0 aromatic heterocycles. The van der Waals surface area contributed by atoms with Crippen molar-refractivity contribution >= 4 is 17.5 Å². The lowest BCUT2D eigenvalue weighted by Gasteiger charge is -2.31. The van der Waals surface area contributed by atoms with Crippen LogP contribution >= 0.6 is 0 Å². The number of rotatable bonds is 4. The summed E-state index contributed by atoms with van der Waals surface area (Å²) in [7, 11) is 0. The summed E-state index contributed by atoms with van der Waals surface area (Å²) in [5.41, 5.74) is 7.34. The zero-order valence-electron chi connectivity index (χ0n) is 13.6. The van der Waals surface area contributed by atoms with Gasteiger partial charge in [-0.25, -0.2) is 0 Å². The molecule has 2 fully saturated rings. The minimum Gasteiger partial charge on any atom is -0.378 e. The molecule has 0 bridgehead atoms. The van der Waals surface area contributed by atoms with Crippen LogP contribution in [0.1, 0.15) is 5.56 Å². The predicted octanol–water partition coefficient (Wildman–Crippen LogP) is -0.222. The number of nitrogens with zero attached hydrogens (tertiary/aromatic N) is 2. The van der Waals surface area contributed by atoms with Gasteiger partial charge in [-0.1, -0.05) is 12.1 Å². The minimum absolute atomic E-state index is 0.0105. The van der Waals surface area contributed by atoms with E-state index in [2.05, 4.69) is 17.0 Å². The van der Waals surface area contributed by atoms with Crippen molar-refractivity contribution in [3.05, 3.63) is 29.8 Å². The number of anilines is 1. The third kappa shape index (κ3) is 4.04. The standard InChI is InChI=1S/C17H23N3O4/c18-17(22)15-12-20(6-9-24-15)16(21)11-13-2-1-3-14(10-13)19-4-7-23-8-5-19/h1-3,10,15H,4-9,11-12H2,(H2,18,22). The Hall–Kier alpha value is -2.12. The predicted molar refractivity (Wildman–Crippen MR) is 88.7 cm³/mol. The van der Waals surface area contributed by atoms with E-state index in [0.717, 1.165) is 37.6 Å². The number of morpholine rings is 2. The molecule has 1 aromatic rings. The van der Waals surface area contributed by atoms with E-state index in [0.29, 0.717) is 19.6 Å². The second-order valence-corrected chi connectivity index (χ2v) is 6.05. The van der Waals surface area contributed by atoms with Crippen LogP contribution in [-0.4, -0.2) is 68.8 Å². The quantitative estimate of drug-likeness (QED) is 0.823. The Labute approximate surface area is 141 Å². The third-order valence-corrected chi connectivity index (χ3v) is 4.38. The summed E-state index contributed by atoms with van der Waals surface area (Å²) in [5, 5.41) is 0. The highest BCUT2D eigenvalue weighted by molar-refractivity contribution is 5.82. The van der Waals surface area contributed by atoms with Gasteiger partial charge in [0.2, 0.25) is 11.8 Å². The number of hydrogen-bond donors (Lipinski definition) is 1. The van der Waals surface area contributed by atoms with E-state index < -0.39 is 12.0 Å². The van der Waals surface area contributed by atoms with Gasteiger partial charge in [0.1, 0.15) is 0 Å². The molecule has 0 saturated carbocycles. The summed E-state index contributed by atoms with van der Waals surface area (Å²) in [5.74, 6) is -0.537. The number of carbonyl (C=O) groups excluding carboxylic acids is 2. The molecule has 0 radical (unpaired) electrons. The zero-order chi connectivity index (χ0) is 16.9. The zero-order valence-corrected chi connectivity index (χ0v) is 13.6. The fourth-order valence-corrected chi connectivity index (χ4v) is 3.02. The Morgan fingerprint density at radius 3 is 2.71 bits per heavy atom. The van der Waals surface area contributed by atoms with Gasteiger partial charge >= 0.3 is 0 Å². The van der Waals surface area contributed by atoms with E-state index in [-0.39, 0.29) is 12.5 Å². The summed E-state index contributed by atoms with van der Waals surface area (Å²) >= 11 is 0. The first-order valence-electron chi connectivity index (χ1n) is 8.24. The topological polar surface area (TPSA) is 85.1 Å². The Kier molecular flexibility index (Phi) is 5.32. The first-order chi connectivity index (χ1) is 11.6. The van der Waals surface area contributed by atoms with Crippen LogP contribution in [0.4, 0.5) is 5.69 Å². The van der Waals surface area contributed by atoms with Gasteiger partial charge in [0.15, 0.2) is 6.10 Å². The van der Waals surface area contributed by atoms with Crippen molar-refractivity contribution in [1.29, 1.82) is 0 Å². The smallest absolute Gasteiger partial charge is 0.248 e. The molecule has 2 heterocycles. The van der Waals surface area contributed by atoms with Gasteiger partial charge in [0.25, 0.3) is 0 Å². The van der Waals surface area contributed by atoms with Crippen LogP contribution in [0.15, 0.2) is 24.3 Å². The largest absolute Gasteiger partial charge is 0.378 e. The van der Waals surface area contributed by atoms with Crippen molar-refractivity contribution < 1.29 is 19.1 Å². The fraction of sp³-hybridized carbons (Fsp3) is 0.529. The van der Waals surface area contributed by atoms with Crippen LogP contribution < -0.4 is 10.6 Å². The highest BCUT2D eigenvalue weighted by Gasteiger charge is 2.27. The SMILES string of the molecule is NC(=O)C1CN(C(=O)Cc2cccc(N3CCOCC3)c2)CCO1. The van der Waals surface area contributed by atoms with Gasteiger partial charge in [-0.2, -0.15) is 0 Å². The molecule has 0 aliphatic carbocycles. The Morgan fingerprint density at radius 2 is 1.96 bits per heavy atom. The summed E-state index contributed by atoms with van der Waals surface area (Å²) in [6.45, 7) is 4.25. The van der Waals surface area contributed by atoms with E-state index in [1.165, 1.54) is 0 Å². The van der Waals surface area contributed by atoms with Gasteiger partial charge in [-0.15, -0.1) is 0 Å². The number of amides is 2. The summed E-state index contributed by atoms with van der Waals surface area (Å²) in [6.07, 6.45) is -0.397. The molecule has 0 spiro atoms. The lowest BCUT2D eigenvalue weighted by molar-refractivity contribution is -0.145. The molecule has 7 heteroatoms. The van der Waals surface area contributed by atoms with Crippen LogP contribution in [0.2, 0.25) is 0 Å². The van der Waals surface area contributed by atoms with Crippen LogP contribution in [0.25, 0.3) is 0 Å².